The molecule has 39 heavy (non-hydrogen) atoms. The zero-order valence-corrected chi connectivity index (χ0v) is 22.8. The van der Waals surface area contributed by atoms with E-state index in [4.69, 9.17) is 16.3 Å². The van der Waals surface area contributed by atoms with Crippen molar-refractivity contribution in [2.45, 2.75) is 64.6 Å². The number of benzene rings is 1. The smallest absolute Gasteiger partial charge is 0.270 e. The SMILES string of the molecule is COc1cc(CNC(=O)c2cc(/C(N)=N/N(N)CC3CCC(NC(=O)C(C)(C)O)CC3)cc(C)n2)ccc1F. The van der Waals surface area contributed by atoms with Crippen LogP contribution >= 0.6 is 0 Å². The number of methoxy groups -OCH3 is 1. The van der Waals surface area contributed by atoms with Gasteiger partial charge in [-0.15, -0.1) is 5.10 Å². The number of halogens is 1. The topological polar surface area (TPSA) is 168 Å². The summed E-state index contributed by atoms with van der Waals surface area (Å²) >= 11 is 0. The van der Waals surface area contributed by atoms with Gasteiger partial charge < -0.3 is 26.2 Å². The van der Waals surface area contributed by atoms with Gasteiger partial charge in [0.05, 0.1) is 13.7 Å². The zero-order valence-electron chi connectivity index (χ0n) is 22.8. The van der Waals surface area contributed by atoms with Crippen LogP contribution in [0.3, 0.4) is 0 Å². The number of nitrogens with one attached hydrogen (secondary N) is 2. The number of carbonyl (C=O) groups is 2. The fourth-order valence-corrected chi connectivity index (χ4v) is 4.37. The number of nitrogens with two attached hydrogens (primary N) is 2. The number of hydrogen-bond acceptors (Lipinski definition) is 8. The number of amidine groups is 1. The maximum absolute atomic E-state index is 13.6. The van der Waals surface area contributed by atoms with E-state index in [1.807, 2.05) is 0 Å². The third-order valence-electron chi connectivity index (χ3n) is 6.57. The molecule has 1 aliphatic rings. The molecule has 2 amide bonds. The summed E-state index contributed by atoms with van der Waals surface area (Å²) in [5.74, 6) is 5.36. The molecule has 1 fully saturated rings. The highest BCUT2D eigenvalue weighted by Crippen LogP contribution is 2.25. The molecule has 0 saturated heterocycles. The number of hydrazone groups is 1. The fourth-order valence-electron chi connectivity index (χ4n) is 4.37. The quantitative estimate of drug-likeness (QED) is 0.131. The van der Waals surface area contributed by atoms with Gasteiger partial charge in [-0.3, -0.25) is 9.59 Å². The monoisotopic (exact) mass is 543 g/mol. The van der Waals surface area contributed by atoms with Gasteiger partial charge in [0.15, 0.2) is 17.4 Å². The van der Waals surface area contributed by atoms with Crippen molar-refractivity contribution < 1.29 is 23.8 Å². The van der Waals surface area contributed by atoms with Crippen molar-refractivity contribution in [3.05, 3.63) is 58.7 Å². The first-order valence-corrected chi connectivity index (χ1v) is 12.8. The summed E-state index contributed by atoms with van der Waals surface area (Å²) in [5, 5.41) is 21.1. The molecule has 1 aliphatic carbocycles. The first-order chi connectivity index (χ1) is 18.3. The van der Waals surface area contributed by atoms with Gasteiger partial charge in [0.2, 0.25) is 0 Å². The molecule has 1 heterocycles. The van der Waals surface area contributed by atoms with Crippen LogP contribution in [0.25, 0.3) is 0 Å². The minimum Gasteiger partial charge on any atom is -0.494 e. The highest BCUT2D eigenvalue weighted by molar-refractivity contribution is 6.00. The first-order valence-electron chi connectivity index (χ1n) is 12.8. The summed E-state index contributed by atoms with van der Waals surface area (Å²) in [6.45, 7) is 5.31. The van der Waals surface area contributed by atoms with Crippen molar-refractivity contribution in [1.82, 2.24) is 20.7 Å². The fraction of sp³-hybridized carbons (Fsp3) is 0.481. The Morgan fingerprint density at radius 1 is 1.23 bits per heavy atom. The van der Waals surface area contributed by atoms with E-state index in [1.54, 1.807) is 19.1 Å². The zero-order chi connectivity index (χ0) is 28.7. The Hall–Kier alpha value is -3.77. The maximum Gasteiger partial charge on any atom is 0.270 e. The van der Waals surface area contributed by atoms with Crippen molar-refractivity contribution in [2.24, 2.45) is 22.6 Å². The van der Waals surface area contributed by atoms with E-state index in [9.17, 15) is 19.1 Å². The van der Waals surface area contributed by atoms with Crippen LogP contribution in [0.2, 0.25) is 0 Å². The van der Waals surface area contributed by atoms with Crippen molar-refractivity contribution in [3.8, 4) is 5.75 Å². The van der Waals surface area contributed by atoms with Crippen LogP contribution in [0.5, 0.6) is 5.75 Å². The van der Waals surface area contributed by atoms with Crippen LogP contribution in [0, 0.1) is 18.7 Å². The van der Waals surface area contributed by atoms with Crippen LogP contribution < -0.4 is 26.9 Å². The second-order valence-corrected chi connectivity index (χ2v) is 10.4. The number of aliphatic hydroxyl groups is 1. The summed E-state index contributed by atoms with van der Waals surface area (Å²) in [4.78, 5) is 29.1. The Bertz CT molecular complexity index is 1210. The molecule has 0 spiro atoms. The van der Waals surface area contributed by atoms with Crippen LogP contribution in [0.15, 0.2) is 35.4 Å². The molecular formula is C27H38FN7O4. The molecule has 0 radical (unpaired) electrons. The molecule has 1 aromatic carbocycles. The second-order valence-electron chi connectivity index (χ2n) is 10.4. The molecule has 2 aromatic rings. The van der Waals surface area contributed by atoms with E-state index in [1.165, 1.54) is 44.3 Å². The van der Waals surface area contributed by atoms with E-state index in [0.717, 1.165) is 25.7 Å². The lowest BCUT2D eigenvalue weighted by Gasteiger charge is -2.32. The number of carbonyl (C=O) groups excluding carboxylic acids is 2. The van der Waals surface area contributed by atoms with E-state index in [-0.39, 0.29) is 41.7 Å². The summed E-state index contributed by atoms with van der Waals surface area (Å²) in [5.41, 5.74) is 6.72. The molecule has 1 aromatic heterocycles. The molecule has 212 valence electrons. The number of ether oxygens (including phenoxy) is 1. The molecular weight excluding hydrogens is 505 g/mol. The number of nitrogens with zero attached hydrogens (tertiary/aromatic N) is 3. The molecule has 0 aliphatic heterocycles. The second kappa shape index (κ2) is 12.9. The van der Waals surface area contributed by atoms with Crippen LogP contribution in [0.4, 0.5) is 4.39 Å². The number of aromatic nitrogens is 1. The predicted octanol–water partition coefficient (Wildman–Crippen LogP) is 1.71. The molecule has 7 N–H and O–H groups in total. The minimum absolute atomic E-state index is 0.0226. The van der Waals surface area contributed by atoms with E-state index in [0.29, 0.717) is 23.4 Å². The summed E-state index contributed by atoms with van der Waals surface area (Å²) in [7, 11) is 1.38. The largest absolute Gasteiger partial charge is 0.494 e. The van der Waals surface area contributed by atoms with Crippen molar-refractivity contribution >= 4 is 17.6 Å². The van der Waals surface area contributed by atoms with Crippen LogP contribution in [0.1, 0.15) is 66.8 Å². The van der Waals surface area contributed by atoms with Gasteiger partial charge >= 0.3 is 0 Å². The number of hydrazine groups is 1. The predicted molar refractivity (Wildman–Crippen MR) is 145 cm³/mol. The Kier molecular flexibility index (Phi) is 9.81. The van der Waals surface area contributed by atoms with Gasteiger partial charge in [0.1, 0.15) is 11.3 Å². The van der Waals surface area contributed by atoms with Gasteiger partial charge in [-0.05, 0) is 82.2 Å². The number of amides is 2. The molecule has 0 bridgehead atoms. The first kappa shape index (κ1) is 29.8. The maximum atomic E-state index is 13.6. The summed E-state index contributed by atoms with van der Waals surface area (Å²) < 4.78 is 18.6. The van der Waals surface area contributed by atoms with Gasteiger partial charge in [-0.1, -0.05) is 6.07 Å². The van der Waals surface area contributed by atoms with Gasteiger partial charge in [-0.2, -0.15) is 0 Å². The van der Waals surface area contributed by atoms with E-state index in [2.05, 4.69) is 20.7 Å². The molecule has 1 saturated carbocycles. The Morgan fingerprint density at radius 3 is 2.56 bits per heavy atom. The Morgan fingerprint density at radius 2 is 1.92 bits per heavy atom. The third-order valence-corrected chi connectivity index (χ3v) is 6.57. The summed E-state index contributed by atoms with van der Waals surface area (Å²) in [6, 6.07) is 7.63. The molecule has 0 unspecified atom stereocenters. The lowest BCUT2D eigenvalue weighted by molar-refractivity contribution is -0.137. The minimum atomic E-state index is -1.40. The molecule has 3 rings (SSSR count). The van der Waals surface area contributed by atoms with Gasteiger partial charge in [0.25, 0.3) is 11.8 Å². The number of pyridine rings is 1. The normalized spacial score (nSPS) is 17.9. The number of rotatable bonds is 10. The Labute approximate surface area is 227 Å². The Balaban J connectivity index is 1.56. The average molecular weight is 544 g/mol. The van der Waals surface area contributed by atoms with E-state index >= 15 is 0 Å². The lowest BCUT2D eigenvalue weighted by Crippen LogP contribution is -2.48. The van der Waals surface area contributed by atoms with Crippen molar-refractivity contribution in [1.29, 1.82) is 0 Å². The number of hydrogen-bond donors (Lipinski definition) is 5. The standard InChI is InChI=1S/C27H38FN7O4/c1-16-11-19(13-22(32-16)25(36)31-14-18-7-10-21(28)23(12-18)39-4)24(29)34-35(30)15-17-5-8-20(9-6-17)33-26(37)27(2,3)38/h7,10-13,17,20,38H,5-6,8-9,14-15,30H2,1-4H3,(H2,29,34)(H,31,36)(H,33,37). The highest BCUT2D eigenvalue weighted by atomic mass is 19.1. The molecule has 12 heteroatoms. The molecule has 0 atom stereocenters. The third kappa shape index (κ3) is 8.62. The van der Waals surface area contributed by atoms with Crippen molar-refractivity contribution in [3.63, 3.8) is 0 Å². The van der Waals surface area contributed by atoms with Gasteiger partial charge in [0, 0.05) is 23.8 Å². The van der Waals surface area contributed by atoms with Crippen molar-refractivity contribution in [2.75, 3.05) is 13.7 Å². The summed E-state index contributed by atoms with van der Waals surface area (Å²) in [6.07, 6.45) is 3.26. The average Bonchev–Trinajstić information content (AvgIpc) is 2.88. The lowest BCUT2D eigenvalue weighted by atomic mass is 9.85. The number of aryl methyl sites for hydroxylation is 1. The van der Waals surface area contributed by atoms with E-state index < -0.39 is 17.3 Å². The van der Waals surface area contributed by atoms with Gasteiger partial charge in [-0.25, -0.2) is 20.3 Å². The van der Waals surface area contributed by atoms with Crippen LogP contribution in [-0.2, 0) is 11.3 Å². The molecule has 11 nitrogen and oxygen atoms in total. The van der Waals surface area contributed by atoms with Crippen LogP contribution in [-0.4, -0.2) is 58.2 Å². The highest BCUT2D eigenvalue weighted by Gasteiger charge is 2.29.